The van der Waals surface area contributed by atoms with Gasteiger partial charge in [0.1, 0.15) is 29.2 Å². The Balaban J connectivity index is 1.59. The Morgan fingerprint density at radius 2 is 2.06 bits per heavy atom. The Hall–Kier alpha value is -2.92. The molecule has 3 unspecified atom stereocenters. The molecule has 2 N–H and O–H groups in total. The van der Waals surface area contributed by atoms with Crippen LogP contribution in [0.5, 0.6) is 5.88 Å². The van der Waals surface area contributed by atoms with E-state index in [1.807, 2.05) is 0 Å². The molecule has 1 aromatic heterocycles. The van der Waals surface area contributed by atoms with Crippen LogP contribution in [0.2, 0.25) is 0 Å². The number of aliphatic imine (C=N–C) groups is 1. The molecule has 3 atom stereocenters. The summed E-state index contributed by atoms with van der Waals surface area (Å²) in [5.41, 5.74) is 6.22. The highest BCUT2D eigenvalue weighted by molar-refractivity contribution is 7.93. The largest absolute Gasteiger partial charge is 0.474 e. The minimum atomic E-state index is -3.53. The highest BCUT2D eigenvalue weighted by Gasteiger charge is 2.51. The molecule has 4 rings (SSSR count). The first-order valence-corrected chi connectivity index (χ1v) is 11.6. The minimum Gasteiger partial charge on any atom is -0.474 e. The third-order valence-corrected chi connectivity index (χ3v) is 8.15. The number of nitrogens with two attached hydrogens (primary N) is 1. The average molecular weight is 464 g/mol. The van der Waals surface area contributed by atoms with Crippen LogP contribution >= 0.6 is 0 Å². The van der Waals surface area contributed by atoms with Gasteiger partial charge in [0.25, 0.3) is 0 Å². The molecule has 2 aliphatic heterocycles. The summed E-state index contributed by atoms with van der Waals surface area (Å²) in [6.07, 6.45) is 4.40. The second-order valence-corrected chi connectivity index (χ2v) is 9.90. The van der Waals surface area contributed by atoms with E-state index < -0.39 is 38.0 Å². The lowest BCUT2D eigenvalue weighted by atomic mass is 9.98. The van der Waals surface area contributed by atoms with Crippen molar-refractivity contribution in [3.05, 3.63) is 53.2 Å². The van der Waals surface area contributed by atoms with Crippen molar-refractivity contribution in [1.29, 1.82) is 0 Å². The molecule has 3 heterocycles. The maximum absolute atomic E-state index is 14.7. The highest BCUT2D eigenvalue weighted by Crippen LogP contribution is 2.42. The summed E-state index contributed by atoms with van der Waals surface area (Å²) in [6, 6.07) is 2.97. The number of rotatable bonds is 7. The standard InChI is InChI=1S/C21H22F2N4O4S/c1-30-6-7-31-19-11-25-16(10-26-19)15(23)9-12-2-3-14(22)13(8-12)20-17-4-5-18(21(24)27-20)32(17,28)29/h2-3,8-11,17-18,20H,4-7H2,1H3,(H2,24,27)/b15-9-. The first-order chi connectivity index (χ1) is 15.3. The van der Waals surface area contributed by atoms with Gasteiger partial charge in [-0.1, -0.05) is 6.07 Å². The van der Waals surface area contributed by atoms with Crippen LogP contribution in [-0.4, -0.2) is 55.0 Å². The molecule has 1 aromatic carbocycles. The molecule has 32 heavy (non-hydrogen) atoms. The molecule has 0 aliphatic carbocycles. The second kappa shape index (κ2) is 8.91. The van der Waals surface area contributed by atoms with Crippen LogP contribution in [0.15, 0.2) is 35.6 Å². The summed E-state index contributed by atoms with van der Waals surface area (Å²) in [7, 11) is -1.99. The predicted octanol–water partition coefficient (Wildman–Crippen LogP) is 2.47. The molecule has 1 fully saturated rings. The number of hydrogen-bond donors (Lipinski definition) is 1. The van der Waals surface area contributed by atoms with Crippen LogP contribution in [0.3, 0.4) is 0 Å². The van der Waals surface area contributed by atoms with E-state index in [9.17, 15) is 17.2 Å². The third kappa shape index (κ3) is 4.22. The third-order valence-electron chi connectivity index (χ3n) is 5.54. The van der Waals surface area contributed by atoms with Crippen molar-refractivity contribution in [1.82, 2.24) is 9.97 Å². The lowest BCUT2D eigenvalue weighted by Crippen LogP contribution is -2.42. The number of fused-ring (bicyclic) bond motifs is 2. The number of methoxy groups -OCH3 is 1. The van der Waals surface area contributed by atoms with E-state index in [4.69, 9.17) is 15.2 Å². The molecule has 170 valence electrons. The fourth-order valence-electron chi connectivity index (χ4n) is 3.95. The zero-order chi connectivity index (χ0) is 22.9. The van der Waals surface area contributed by atoms with Gasteiger partial charge in [-0.15, -0.1) is 0 Å². The number of amidine groups is 1. The zero-order valence-electron chi connectivity index (χ0n) is 17.2. The van der Waals surface area contributed by atoms with E-state index >= 15 is 0 Å². The molecule has 0 spiro atoms. The lowest BCUT2D eigenvalue weighted by molar-refractivity contribution is 0.143. The minimum absolute atomic E-state index is 0.00152. The van der Waals surface area contributed by atoms with Crippen LogP contribution < -0.4 is 10.5 Å². The van der Waals surface area contributed by atoms with Gasteiger partial charge in [-0.2, -0.15) is 0 Å². The first kappa shape index (κ1) is 22.3. The Bertz CT molecular complexity index is 1170. The maximum atomic E-state index is 14.7. The van der Waals surface area contributed by atoms with Gasteiger partial charge in [-0.25, -0.2) is 27.2 Å². The van der Waals surface area contributed by atoms with Crippen molar-refractivity contribution in [3.8, 4) is 5.88 Å². The Labute approximate surface area is 184 Å². The molecule has 2 bridgehead atoms. The van der Waals surface area contributed by atoms with Gasteiger partial charge < -0.3 is 15.2 Å². The monoisotopic (exact) mass is 464 g/mol. The fraction of sp³-hybridized carbons (Fsp3) is 0.381. The SMILES string of the molecule is COCCOc1cnc(/C(F)=C/c2ccc(F)c(C3N=C(N)C4CCC3S4(=O)=O)c2)cn1. The molecule has 1 saturated heterocycles. The van der Waals surface area contributed by atoms with Gasteiger partial charge in [0, 0.05) is 12.7 Å². The molecule has 0 saturated carbocycles. The fourth-order valence-corrected chi connectivity index (χ4v) is 6.26. The molecule has 2 aromatic rings. The molecule has 11 heteroatoms. The first-order valence-electron chi connectivity index (χ1n) is 9.98. The number of nitrogens with zero attached hydrogens (tertiary/aromatic N) is 3. The number of hydrogen-bond acceptors (Lipinski definition) is 8. The van der Waals surface area contributed by atoms with Gasteiger partial charge in [-0.3, -0.25) is 4.99 Å². The van der Waals surface area contributed by atoms with Gasteiger partial charge in [0.05, 0.1) is 30.3 Å². The predicted molar refractivity (Wildman–Crippen MR) is 115 cm³/mol. The molecular weight excluding hydrogens is 442 g/mol. The Morgan fingerprint density at radius 3 is 2.78 bits per heavy atom. The van der Waals surface area contributed by atoms with Crippen molar-refractivity contribution in [2.45, 2.75) is 29.4 Å². The Kier molecular flexibility index (Phi) is 6.20. The second-order valence-electron chi connectivity index (χ2n) is 7.55. The van der Waals surface area contributed by atoms with Crippen molar-refractivity contribution in [2.75, 3.05) is 20.3 Å². The van der Waals surface area contributed by atoms with Crippen LogP contribution in [0.4, 0.5) is 8.78 Å². The molecule has 0 amide bonds. The quantitative estimate of drug-likeness (QED) is 0.626. The number of sulfone groups is 1. The van der Waals surface area contributed by atoms with E-state index in [1.165, 1.54) is 37.7 Å². The highest BCUT2D eigenvalue weighted by atomic mass is 32.2. The van der Waals surface area contributed by atoms with Crippen molar-refractivity contribution in [3.63, 3.8) is 0 Å². The number of ether oxygens (including phenoxy) is 2. The van der Waals surface area contributed by atoms with Crippen molar-refractivity contribution >= 4 is 27.6 Å². The van der Waals surface area contributed by atoms with Gasteiger partial charge in [0.2, 0.25) is 5.88 Å². The number of benzene rings is 1. The van der Waals surface area contributed by atoms with Gasteiger partial charge in [-0.05, 0) is 36.6 Å². The summed E-state index contributed by atoms with van der Waals surface area (Å²) < 4.78 is 64.8. The molecule has 2 aliphatic rings. The summed E-state index contributed by atoms with van der Waals surface area (Å²) in [5, 5.41) is -1.64. The van der Waals surface area contributed by atoms with E-state index in [1.54, 1.807) is 0 Å². The van der Waals surface area contributed by atoms with E-state index in [-0.39, 0.29) is 29.6 Å². The van der Waals surface area contributed by atoms with E-state index in [0.717, 1.165) is 6.07 Å². The number of aromatic nitrogens is 2. The van der Waals surface area contributed by atoms with Crippen molar-refractivity contribution < 1.29 is 26.7 Å². The molecular formula is C21H22F2N4O4S. The number of halogens is 2. The van der Waals surface area contributed by atoms with Crippen LogP contribution in [0.25, 0.3) is 11.9 Å². The summed E-state index contributed by atoms with van der Waals surface area (Å²) in [4.78, 5) is 12.2. The van der Waals surface area contributed by atoms with Crippen LogP contribution in [0.1, 0.15) is 35.7 Å². The normalized spacial score (nSPS) is 24.3. The van der Waals surface area contributed by atoms with Gasteiger partial charge in [0.15, 0.2) is 15.7 Å². The smallest absolute Gasteiger partial charge is 0.232 e. The molecule has 0 radical (unpaired) electrons. The van der Waals surface area contributed by atoms with Crippen LogP contribution in [0, 0.1) is 5.82 Å². The van der Waals surface area contributed by atoms with E-state index in [0.29, 0.717) is 25.0 Å². The molecule has 8 nitrogen and oxygen atoms in total. The van der Waals surface area contributed by atoms with Crippen molar-refractivity contribution in [2.24, 2.45) is 10.7 Å². The summed E-state index contributed by atoms with van der Waals surface area (Å²) >= 11 is 0. The maximum Gasteiger partial charge on any atom is 0.232 e. The van der Waals surface area contributed by atoms with Gasteiger partial charge >= 0.3 is 0 Å². The van der Waals surface area contributed by atoms with E-state index in [2.05, 4.69) is 15.0 Å². The zero-order valence-corrected chi connectivity index (χ0v) is 18.1. The lowest BCUT2D eigenvalue weighted by Gasteiger charge is -2.26. The summed E-state index contributed by atoms with van der Waals surface area (Å²) in [6.45, 7) is 0.664. The van der Waals surface area contributed by atoms with Crippen LogP contribution in [-0.2, 0) is 14.6 Å². The average Bonchev–Trinajstić information content (AvgIpc) is 2.95. The summed E-state index contributed by atoms with van der Waals surface area (Å²) in [5.74, 6) is -1.09. The Morgan fingerprint density at radius 1 is 1.25 bits per heavy atom. The topological polar surface area (TPSA) is 117 Å².